The van der Waals surface area contributed by atoms with Gasteiger partial charge in [0.05, 0.1) is 11.1 Å². The van der Waals surface area contributed by atoms with Gasteiger partial charge in [-0.05, 0) is 80.9 Å². The number of carbonyl (C=O) groups is 2. The van der Waals surface area contributed by atoms with Crippen LogP contribution in [0.15, 0.2) is 59.6 Å². The number of rotatable bonds is 7. The van der Waals surface area contributed by atoms with Gasteiger partial charge in [0.25, 0.3) is 10.0 Å². The number of hydrogen-bond donors (Lipinski definition) is 0. The second kappa shape index (κ2) is 12.0. The van der Waals surface area contributed by atoms with Crippen molar-refractivity contribution >= 4 is 38.9 Å². The molecule has 1 atom stereocenters. The van der Waals surface area contributed by atoms with Crippen molar-refractivity contribution in [1.82, 2.24) is 14.2 Å². The summed E-state index contributed by atoms with van der Waals surface area (Å²) in [5.41, 5.74) is 0.758. The first kappa shape index (κ1) is 31.1. The summed E-state index contributed by atoms with van der Waals surface area (Å²) in [7, 11) is -4.30. The molecule has 0 amide bonds. The number of pyridine rings is 1. The molecule has 8 nitrogen and oxygen atoms in total. The molecule has 0 spiro atoms. The van der Waals surface area contributed by atoms with E-state index in [1.165, 1.54) is 30.3 Å². The number of nitrogens with zero attached hydrogens (tertiary/aromatic N) is 4. The minimum atomic E-state index is -4.42. The smallest absolute Gasteiger partial charge is 0.369 e. The molecule has 0 N–H and O–H groups in total. The summed E-state index contributed by atoms with van der Waals surface area (Å²) in [4.78, 5) is 35.6. The number of sulfonamides is 1. The van der Waals surface area contributed by atoms with Gasteiger partial charge in [0.1, 0.15) is 0 Å². The van der Waals surface area contributed by atoms with Crippen molar-refractivity contribution < 1.29 is 31.2 Å². The maximum Gasteiger partial charge on any atom is 0.416 e. The lowest BCUT2D eigenvalue weighted by Crippen LogP contribution is -2.55. The van der Waals surface area contributed by atoms with Crippen molar-refractivity contribution in [3.8, 4) is 0 Å². The second-order valence-corrected chi connectivity index (χ2v) is 13.0. The number of ketones is 2. The summed E-state index contributed by atoms with van der Waals surface area (Å²) in [5, 5.41) is 0.0508. The molecule has 1 aromatic heterocycles. The van der Waals surface area contributed by atoms with E-state index in [2.05, 4.69) is 9.88 Å². The fourth-order valence-electron chi connectivity index (χ4n) is 5.64. The van der Waals surface area contributed by atoms with Crippen molar-refractivity contribution in [3.05, 3.63) is 87.6 Å². The van der Waals surface area contributed by atoms with Crippen molar-refractivity contribution in [2.24, 2.45) is 0 Å². The molecule has 1 saturated heterocycles. The molecule has 3 heterocycles. The van der Waals surface area contributed by atoms with Gasteiger partial charge in [-0.1, -0.05) is 17.7 Å². The zero-order chi connectivity index (χ0) is 31.1. The Morgan fingerprint density at radius 1 is 1.00 bits per heavy atom. The molecule has 2 aliphatic rings. The zero-order valence-corrected chi connectivity index (χ0v) is 25.1. The Morgan fingerprint density at radius 3 is 2.33 bits per heavy atom. The number of halogens is 4. The van der Waals surface area contributed by atoms with E-state index in [1.54, 1.807) is 26.0 Å². The van der Waals surface area contributed by atoms with Crippen LogP contribution in [0.3, 0.4) is 0 Å². The van der Waals surface area contributed by atoms with E-state index < -0.39 is 39.4 Å². The number of fused-ring (bicyclic) bond motifs is 1. The zero-order valence-electron chi connectivity index (χ0n) is 23.6. The van der Waals surface area contributed by atoms with Crippen LogP contribution in [-0.4, -0.2) is 79.5 Å². The first-order valence-corrected chi connectivity index (χ1v) is 15.6. The van der Waals surface area contributed by atoms with Crippen LogP contribution in [0.2, 0.25) is 5.02 Å². The SMILES string of the molecule is Cc1cc(C)c2c(n1)S(=O)(=O)N(CCCN1CCN(c3cccc(C(F)(F)F)c3)CC1)C(C(=O)c1ccc(Cl)cc1)C2=O. The predicted octanol–water partition coefficient (Wildman–Crippen LogP) is 5.02. The number of aryl methyl sites for hydroxylation is 2. The number of anilines is 1. The van der Waals surface area contributed by atoms with Gasteiger partial charge in [-0.2, -0.15) is 17.5 Å². The number of alkyl halides is 3. The molecule has 1 unspecified atom stereocenters. The average molecular weight is 635 g/mol. The normalized spacial score (nSPS) is 19.3. The van der Waals surface area contributed by atoms with Gasteiger partial charge >= 0.3 is 6.18 Å². The Balaban J connectivity index is 1.32. The van der Waals surface area contributed by atoms with Crippen LogP contribution < -0.4 is 4.90 Å². The summed E-state index contributed by atoms with van der Waals surface area (Å²) in [5.74, 6) is -1.27. The van der Waals surface area contributed by atoms with Gasteiger partial charge in [0, 0.05) is 54.7 Å². The monoisotopic (exact) mass is 634 g/mol. The van der Waals surface area contributed by atoms with Gasteiger partial charge in [-0.3, -0.25) is 14.5 Å². The third-order valence-corrected chi connectivity index (χ3v) is 9.84. The van der Waals surface area contributed by atoms with Gasteiger partial charge in [0.15, 0.2) is 22.6 Å². The van der Waals surface area contributed by atoms with Crippen LogP contribution in [0, 0.1) is 13.8 Å². The minimum absolute atomic E-state index is 0.0696. The molecule has 1 fully saturated rings. The Morgan fingerprint density at radius 2 is 1.67 bits per heavy atom. The molecule has 0 aliphatic carbocycles. The third kappa shape index (κ3) is 6.33. The van der Waals surface area contributed by atoms with E-state index in [9.17, 15) is 31.2 Å². The minimum Gasteiger partial charge on any atom is -0.369 e. The summed E-state index contributed by atoms with van der Waals surface area (Å²) in [6, 6.07) is 11.2. The molecule has 2 aliphatic heterocycles. The maximum absolute atomic E-state index is 13.9. The lowest BCUT2D eigenvalue weighted by molar-refractivity contribution is -0.137. The van der Waals surface area contributed by atoms with Crippen molar-refractivity contribution in [3.63, 3.8) is 0 Å². The van der Waals surface area contributed by atoms with Crippen molar-refractivity contribution in [2.45, 2.75) is 37.5 Å². The standard InChI is InChI=1S/C30H30ClF3N4O4S/c1-19-17-20(2)35-29-25(19)28(40)26(27(39)21-7-9-23(31)10-8-21)38(43(29,41)42)12-4-11-36-13-15-37(16-14-36)24-6-3-5-22(18-24)30(32,33)34/h3,5-10,17-18,26H,4,11-16H2,1-2H3. The average Bonchev–Trinajstić information content (AvgIpc) is 2.95. The van der Waals surface area contributed by atoms with E-state index in [4.69, 9.17) is 11.6 Å². The predicted molar refractivity (Wildman–Crippen MR) is 156 cm³/mol. The lowest BCUT2D eigenvalue weighted by Gasteiger charge is -2.37. The molecular weight excluding hydrogens is 605 g/mol. The van der Waals surface area contributed by atoms with Gasteiger partial charge in [-0.15, -0.1) is 0 Å². The van der Waals surface area contributed by atoms with Crippen LogP contribution in [0.4, 0.5) is 18.9 Å². The van der Waals surface area contributed by atoms with Gasteiger partial charge in [-0.25, -0.2) is 13.4 Å². The van der Waals surface area contributed by atoms with E-state index in [0.29, 0.717) is 61.1 Å². The van der Waals surface area contributed by atoms with Crippen LogP contribution in [0.25, 0.3) is 0 Å². The highest BCUT2D eigenvalue weighted by Crippen LogP contribution is 2.34. The molecule has 0 saturated carbocycles. The topological polar surface area (TPSA) is 90.9 Å². The molecule has 5 rings (SSSR count). The summed E-state index contributed by atoms with van der Waals surface area (Å²) < 4.78 is 68.2. The highest BCUT2D eigenvalue weighted by atomic mass is 35.5. The van der Waals surface area contributed by atoms with Crippen LogP contribution in [-0.2, 0) is 16.2 Å². The van der Waals surface area contributed by atoms with Gasteiger partial charge < -0.3 is 4.90 Å². The first-order chi connectivity index (χ1) is 20.3. The fraction of sp³-hybridized carbons (Fsp3) is 0.367. The summed E-state index contributed by atoms with van der Waals surface area (Å²) in [6.45, 7) is 5.73. The Bertz CT molecular complexity index is 1660. The largest absolute Gasteiger partial charge is 0.416 e. The van der Waals surface area contributed by atoms with E-state index in [-0.39, 0.29) is 22.7 Å². The summed E-state index contributed by atoms with van der Waals surface area (Å²) in [6.07, 6.45) is -4.10. The highest BCUT2D eigenvalue weighted by Gasteiger charge is 2.49. The number of benzene rings is 2. The number of Topliss-reactive ketones (excluding diaryl/α,β-unsaturated/α-hetero) is 2. The number of piperazine rings is 1. The first-order valence-electron chi connectivity index (χ1n) is 13.8. The van der Waals surface area contributed by atoms with E-state index in [0.717, 1.165) is 16.4 Å². The molecule has 2 aromatic carbocycles. The van der Waals surface area contributed by atoms with Crippen molar-refractivity contribution in [1.29, 1.82) is 0 Å². The van der Waals surface area contributed by atoms with Crippen molar-refractivity contribution in [2.75, 3.05) is 44.2 Å². The van der Waals surface area contributed by atoms with E-state index in [1.807, 2.05) is 4.90 Å². The molecule has 0 bridgehead atoms. The highest BCUT2D eigenvalue weighted by molar-refractivity contribution is 7.89. The second-order valence-electron chi connectivity index (χ2n) is 10.7. The quantitative estimate of drug-likeness (QED) is 0.266. The Hall–Kier alpha value is -3.32. The molecule has 43 heavy (non-hydrogen) atoms. The Labute approximate surface area is 253 Å². The molecule has 0 radical (unpaired) electrons. The van der Waals surface area contributed by atoms with Crippen LogP contribution >= 0.6 is 11.6 Å². The summed E-state index contributed by atoms with van der Waals surface area (Å²) >= 11 is 5.97. The van der Waals surface area contributed by atoms with Crippen LogP contribution in [0.1, 0.15) is 44.0 Å². The molecule has 13 heteroatoms. The number of carbonyl (C=O) groups excluding carboxylic acids is 2. The van der Waals surface area contributed by atoms with Gasteiger partial charge in [0.2, 0.25) is 0 Å². The number of aromatic nitrogens is 1. The fourth-order valence-corrected chi connectivity index (χ4v) is 7.60. The van der Waals surface area contributed by atoms with Crippen LogP contribution in [0.5, 0.6) is 0 Å². The number of hydrogen-bond acceptors (Lipinski definition) is 7. The molecule has 228 valence electrons. The Kier molecular flexibility index (Phi) is 8.68. The maximum atomic E-state index is 13.9. The third-order valence-electron chi connectivity index (χ3n) is 7.79. The lowest BCUT2D eigenvalue weighted by atomic mass is 9.94. The molecule has 3 aromatic rings. The molecular formula is C30H30ClF3N4O4S. The van der Waals surface area contributed by atoms with E-state index >= 15 is 0 Å².